The Hall–Kier alpha value is -3.77. The number of Topliss-reactive ketones (excluding diaryl/α,β-unsaturated/α-hetero) is 1. The molecule has 41 heavy (non-hydrogen) atoms. The smallest absolute Gasteiger partial charge is 0.224 e. The van der Waals surface area contributed by atoms with E-state index in [0.717, 1.165) is 62.5 Å². The topological polar surface area (TPSA) is 124 Å². The number of aromatic nitrogens is 3. The van der Waals surface area contributed by atoms with Crippen molar-refractivity contribution in [3.8, 4) is 23.3 Å². The number of nitriles is 1. The van der Waals surface area contributed by atoms with Crippen LogP contribution in [-0.2, 0) is 9.59 Å². The first-order chi connectivity index (χ1) is 19.9. The van der Waals surface area contributed by atoms with Crippen LogP contribution in [0.2, 0.25) is 0 Å². The number of fused-ring (bicyclic) bond motifs is 1. The average molecular weight is 557 g/mol. The minimum atomic E-state index is -0.386. The van der Waals surface area contributed by atoms with Crippen LogP contribution < -0.4 is 10.1 Å². The maximum atomic E-state index is 13.6. The second-order valence-electron chi connectivity index (χ2n) is 11.7. The lowest BCUT2D eigenvalue weighted by Crippen LogP contribution is -2.36. The van der Waals surface area contributed by atoms with E-state index in [4.69, 9.17) is 4.74 Å². The first kappa shape index (κ1) is 28.7. The van der Waals surface area contributed by atoms with Crippen molar-refractivity contribution in [3.05, 3.63) is 41.7 Å². The maximum absolute atomic E-state index is 13.6. The summed E-state index contributed by atoms with van der Waals surface area (Å²) in [5.41, 5.74) is 2.44. The number of hydrogen-bond acceptors (Lipinski definition) is 7. The van der Waals surface area contributed by atoms with Gasteiger partial charge in [-0.2, -0.15) is 5.26 Å². The summed E-state index contributed by atoms with van der Waals surface area (Å²) in [7, 11) is 3.70. The minimum Gasteiger partial charge on any atom is -0.480 e. The molecule has 1 aliphatic heterocycles. The molecule has 9 nitrogen and oxygen atoms in total. The molecule has 0 unspecified atom stereocenters. The Morgan fingerprint density at radius 1 is 1.22 bits per heavy atom. The van der Waals surface area contributed by atoms with Gasteiger partial charge in [0.15, 0.2) is 5.69 Å². The maximum Gasteiger partial charge on any atom is 0.224 e. The fourth-order valence-electron chi connectivity index (χ4n) is 6.20. The summed E-state index contributed by atoms with van der Waals surface area (Å²) in [6.07, 6.45) is 7.34. The van der Waals surface area contributed by atoms with E-state index in [2.05, 4.69) is 38.3 Å². The number of para-hydroxylation sites is 1. The number of imidazole rings is 1. The number of methoxy groups -OCH3 is 1. The number of unbranched alkanes of at least 4 members (excludes halogenated alkanes) is 2. The lowest BCUT2D eigenvalue weighted by molar-refractivity contribution is -0.124. The van der Waals surface area contributed by atoms with E-state index in [1.807, 2.05) is 37.3 Å². The van der Waals surface area contributed by atoms with Crippen LogP contribution in [-0.4, -0.2) is 58.8 Å². The normalized spacial score (nSPS) is 18.6. The number of pyridine rings is 1. The highest BCUT2D eigenvalue weighted by Gasteiger charge is 2.58. The number of H-pyrrole nitrogens is 1. The Kier molecular flexibility index (Phi) is 8.69. The van der Waals surface area contributed by atoms with E-state index in [0.29, 0.717) is 42.2 Å². The Bertz CT molecular complexity index is 1450. The number of hydrogen-bond donors (Lipinski definition) is 2. The molecule has 2 fully saturated rings. The van der Waals surface area contributed by atoms with Gasteiger partial charge in [0, 0.05) is 24.1 Å². The molecule has 5 rings (SSSR count). The Labute approximate surface area is 241 Å². The van der Waals surface area contributed by atoms with Gasteiger partial charge in [0.25, 0.3) is 0 Å². The summed E-state index contributed by atoms with van der Waals surface area (Å²) in [6.45, 7) is 3.93. The lowest BCUT2D eigenvalue weighted by Gasteiger charge is -2.30. The average Bonchev–Trinajstić information content (AvgIpc) is 3.53. The van der Waals surface area contributed by atoms with Gasteiger partial charge < -0.3 is 19.9 Å². The number of nitrogens with zero attached hydrogens (tertiary/aromatic N) is 4. The van der Waals surface area contributed by atoms with E-state index in [1.165, 1.54) is 0 Å². The fourth-order valence-corrected chi connectivity index (χ4v) is 6.20. The highest BCUT2D eigenvalue weighted by molar-refractivity contribution is 5.85. The molecule has 3 aromatic rings. The number of carbonyl (C=O) groups is 2. The molecular formula is C32H40N6O3. The van der Waals surface area contributed by atoms with E-state index in [1.54, 1.807) is 7.11 Å². The second kappa shape index (κ2) is 12.4. The highest BCUT2D eigenvalue weighted by Crippen LogP contribution is 2.59. The molecule has 216 valence electrons. The summed E-state index contributed by atoms with van der Waals surface area (Å²) in [4.78, 5) is 40.3. The minimum absolute atomic E-state index is 0.0126. The molecule has 3 heterocycles. The molecule has 2 N–H and O–H groups in total. The molecule has 2 aliphatic rings. The number of nitrogens with one attached hydrogen (secondary N) is 2. The molecule has 1 spiro atoms. The molecule has 1 saturated carbocycles. The predicted molar refractivity (Wildman–Crippen MR) is 157 cm³/mol. The van der Waals surface area contributed by atoms with Crippen molar-refractivity contribution in [1.29, 1.82) is 5.26 Å². The van der Waals surface area contributed by atoms with Gasteiger partial charge in [0.05, 0.1) is 29.9 Å². The molecular weight excluding hydrogens is 516 g/mol. The van der Waals surface area contributed by atoms with E-state index in [9.17, 15) is 14.9 Å². The van der Waals surface area contributed by atoms with Crippen LogP contribution >= 0.6 is 0 Å². The van der Waals surface area contributed by atoms with Crippen LogP contribution in [0.3, 0.4) is 0 Å². The number of amides is 1. The van der Waals surface area contributed by atoms with Gasteiger partial charge >= 0.3 is 0 Å². The van der Waals surface area contributed by atoms with Crippen molar-refractivity contribution < 1.29 is 14.3 Å². The second-order valence-corrected chi connectivity index (χ2v) is 11.7. The Morgan fingerprint density at radius 3 is 2.73 bits per heavy atom. The number of benzene rings is 1. The Balaban J connectivity index is 1.39. The quantitative estimate of drug-likeness (QED) is 0.289. The third-order valence-electron chi connectivity index (χ3n) is 8.97. The third-order valence-corrected chi connectivity index (χ3v) is 8.97. The molecule has 1 aromatic carbocycles. The van der Waals surface area contributed by atoms with Crippen molar-refractivity contribution in [3.63, 3.8) is 0 Å². The third kappa shape index (κ3) is 6.28. The summed E-state index contributed by atoms with van der Waals surface area (Å²) in [5.74, 6) is 1.24. The number of rotatable bonds is 12. The number of aromatic amines is 1. The number of carbonyl (C=O) groups excluding carboxylic acids is 2. The van der Waals surface area contributed by atoms with Crippen molar-refractivity contribution in [2.45, 2.75) is 70.8 Å². The first-order valence-corrected chi connectivity index (χ1v) is 14.8. The SMILES string of the molecule is CCC(=O)CCCCC[C@H](NC(=O)[C@H]1CC12CCN(C)CC2)c1[nH]c(-c2cc3ccccc3nc2OC)nc1C#N. The largest absolute Gasteiger partial charge is 0.480 e. The van der Waals surface area contributed by atoms with Crippen LogP contribution in [0.1, 0.15) is 82.1 Å². The van der Waals surface area contributed by atoms with Crippen LogP contribution in [0.15, 0.2) is 30.3 Å². The van der Waals surface area contributed by atoms with E-state index in [-0.39, 0.29) is 34.8 Å². The van der Waals surface area contributed by atoms with Crippen LogP contribution in [0, 0.1) is 22.7 Å². The standard InChI is InChI=1S/C32H40N6O3/c1-4-22(39)11-6-5-7-13-26(35-30(40)24-19-32(24)14-16-38(2)17-15-32)28-27(20-33)34-29(37-28)23-18-21-10-8-9-12-25(21)36-31(23)41-3/h8-10,12,18,24,26H,4-7,11,13-17,19H2,1-3H3,(H,34,37)(H,35,40)/t24-,26+/m1/s1. The van der Waals surface area contributed by atoms with Crippen LogP contribution in [0.4, 0.5) is 0 Å². The van der Waals surface area contributed by atoms with Crippen molar-refractivity contribution in [1.82, 2.24) is 25.2 Å². The molecule has 0 bridgehead atoms. The van der Waals surface area contributed by atoms with E-state index < -0.39 is 0 Å². The summed E-state index contributed by atoms with van der Waals surface area (Å²) in [6, 6.07) is 11.6. The highest BCUT2D eigenvalue weighted by atomic mass is 16.5. The Morgan fingerprint density at radius 2 is 2.00 bits per heavy atom. The van der Waals surface area contributed by atoms with Gasteiger partial charge in [-0.15, -0.1) is 0 Å². The van der Waals surface area contributed by atoms with Gasteiger partial charge in [0.1, 0.15) is 17.7 Å². The monoisotopic (exact) mass is 556 g/mol. The number of likely N-dealkylation sites (tertiary alicyclic amines) is 1. The molecule has 1 saturated heterocycles. The number of piperidine rings is 1. The number of ether oxygens (including phenoxy) is 1. The van der Waals surface area contributed by atoms with Crippen molar-refractivity contribution >= 4 is 22.6 Å². The lowest BCUT2D eigenvalue weighted by atomic mass is 9.90. The van der Waals surface area contributed by atoms with E-state index >= 15 is 0 Å². The summed E-state index contributed by atoms with van der Waals surface area (Å²) < 4.78 is 5.59. The zero-order valence-electron chi connectivity index (χ0n) is 24.3. The van der Waals surface area contributed by atoms with Crippen molar-refractivity contribution in [2.24, 2.45) is 11.3 Å². The van der Waals surface area contributed by atoms with Crippen LogP contribution in [0.25, 0.3) is 22.3 Å². The predicted octanol–water partition coefficient (Wildman–Crippen LogP) is 5.32. The molecule has 9 heteroatoms. The molecule has 0 radical (unpaired) electrons. The zero-order chi connectivity index (χ0) is 29.0. The van der Waals surface area contributed by atoms with Crippen molar-refractivity contribution in [2.75, 3.05) is 27.2 Å². The van der Waals surface area contributed by atoms with Gasteiger partial charge in [0.2, 0.25) is 11.8 Å². The first-order valence-electron chi connectivity index (χ1n) is 14.8. The fraction of sp³-hybridized carbons (Fsp3) is 0.531. The summed E-state index contributed by atoms with van der Waals surface area (Å²) >= 11 is 0. The zero-order valence-corrected chi connectivity index (χ0v) is 24.3. The van der Waals surface area contributed by atoms with Crippen LogP contribution in [0.5, 0.6) is 5.88 Å². The summed E-state index contributed by atoms with van der Waals surface area (Å²) in [5, 5.41) is 14.3. The van der Waals surface area contributed by atoms with Gasteiger partial charge in [-0.25, -0.2) is 9.97 Å². The molecule has 1 amide bonds. The van der Waals surface area contributed by atoms with Gasteiger partial charge in [-0.05, 0) is 69.8 Å². The molecule has 2 atom stereocenters. The van der Waals surface area contributed by atoms with Gasteiger partial charge in [-0.1, -0.05) is 38.0 Å². The number of ketones is 1. The molecule has 1 aliphatic carbocycles. The molecule has 2 aromatic heterocycles. The van der Waals surface area contributed by atoms with Gasteiger partial charge in [-0.3, -0.25) is 9.59 Å².